The van der Waals surface area contributed by atoms with Crippen LogP contribution in [0.25, 0.3) is 0 Å². The SMILES string of the molecule is COCC(C)CC(N)Cc1cc(F)cc(Br)c1. The molecule has 2 atom stereocenters. The molecule has 0 bridgehead atoms. The third-order valence-electron chi connectivity index (χ3n) is 2.58. The van der Waals surface area contributed by atoms with Crippen molar-refractivity contribution < 1.29 is 9.13 Å². The molecule has 0 spiro atoms. The maximum Gasteiger partial charge on any atom is 0.124 e. The second-order valence-corrected chi connectivity index (χ2v) is 5.45. The van der Waals surface area contributed by atoms with Crippen molar-refractivity contribution in [3.8, 4) is 0 Å². The molecule has 0 saturated carbocycles. The van der Waals surface area contributed by atoms with Gasteiger partial charge in [-0.25, -0.2) is 4.39 Å². The van der Waals surface area contributed by atoms with E-state index < -0.39 is 0 Å². The number of hydrogen-bond donors (Lipinski definition) is 1. The molecule has 2 N–H and O–H groups in total. The lowest BCUT2D eigenvalue weighted by molar-refractivity contribution is 0.152. The number of methoxy groups -OCH3 is 1. The van der Waals surface area contributed by atoms with Crippen LogP contribution >= 0.6 is 15.9 Å². The summed E-state index contributed by atoms with van der Waals surface area (Å²) in [6.45, 7) is 2.81. The monoisotopic (exact) mass is 303 g/mol. The summed E-state index contributed by atoms with van der Waals surface area (Å²) in [6, 6.07) is 4.92. The minimum absolute atomic E-state index is 0.0360. The van der Waals surface area contributed by atoms with Gasteiger partial charge in [-0.3, -0.25) is 0 Å². The molecule has 1 aromatic rings. The van der Waals surface area contributed by atoms with Gasteiger partial charge < -0.3 is 10.5 Å². The van der Waals surface area contributed by atoms with Gasteiger partial charge in [-0.05, 0) is 42.5 Å². The van der Waals surface area contributed by atoms with Gasteiger partial charge in [0.25, 0.3) is 0 Å². The molecule has 0 aromatic heterocycles. The highest BCUT2D eigenvalue weighted by atomic mass is 79.9. The van der Waals surface area contributed by atoms with Crippen LogP contribution in [0.5, 0.6) is 0 Å². The standard InChI is InChI=1S/C13H19BrFNO/c1-9(8-17-2)3-13(16)6-10-4-11(14)7-12(15)5-10/h4-5,7,9,13H,3,6,8,16H2,1-2H3. The van der Waals surface area contributed by atoms with E-state index in [0.29, 0.717) is 18.9 Å². The topological polar surface area (TPSA) is 35.2 Å². The molecule has 0 radical (unpaired) electrons. The summed E-state index contributed by atoms with van der Waals surface area (Å²) < 4.78 is 19.0. The van der Waals surface area contributed by atoms with Crippen molar-refractivity contribution in [3.05, 3.63) is 34.1 Å². The number of ether oxygens (including phenoxy) is 1. The van der Waals surface area contributed by atoms with Gasteiger partial charge in [0.2, 0.25) is 0 Å². The lowest BCUT2D eigenvalue weighted by atomic mass is 9.97. The van der Waals surface area contributed by atoms with Gasteiger partial charge in [0, 0.05) is 24.2 Å². The zero-order valence-corrected chi connectivity index (χ0v) is 11.8. The fraction of sp³-hybridized carbons (Fsp3) is 0.538. The van der Waals surface area contributed by atoms with Gasteiger partial charge in [0.05, 0.1) is 0 Å². The first-order valence-electron chi connectivity index (χ1n) is 5.70. The van der Waals surface area contributed by atoms with Crippen molar-refractivity contribution in [2.75, 3.05) is 13.7 Å². The van der Waals surface area contributed by atoms with Crippen LogP contribution in [-0.2, 0) is 11.2 Å². The number of rotatable bonds is 6. The predicted octanol–water partition coefficient (Wildman–Crippen LogP) is 3.13. The van der Waals surface area contributed by atoms with Gasteiger partial charge in [-0.15, -0.1) is 0 Å². The van der Waals surface area contributed by atoms with Crippen LogP contribution in [0.4, 0.5) is 4.39 Å². The van der Waals surface area contributed by atoms with Gasteiger partial charge in [-0.2, -0.15) is 0 Å². The summed E-state index contributed by atoms with van der Waals surface area (Å²) in [7, 11) is 1.69. The average molecular weight is 304 g/mol. The van der Waals surface area contributed by atoms with E-state index in [1.807, 2.05) is 6.07 Å². The molecule has 1 rings (SSSR count). The van der Waals surface area contributed by atoms with Crippen LogP contribution in [0.3, 0.4) is 0 Å². The van der Waals surface area contributed by atoms with E-state index in [0.717, 1.165) is 16.5 Å². The van der Waals surface area contributed by atoms with Crippen molar-refractivity contribution in [1.82, 2.24) is 0 Å². The van der Waals surface area contributed by atoms with Gasteiger partial charge >= 0.3 is 0 Å². The quantitative estimate of drug-likeness (QED) is 0.876. The molecule has 0 heterocycles. The zero-order valence-electron chi connectivity index (χ0n) is 10.2. The summed E-state index contributed by atoms with van der Waals surface area (Å²) in [4.78, 5) is 0. The van der Waals surface area contributed by atoms with Crippen LogP contribution in [-0.4, -0.2) is 19.8 Å². The first kappa shape index (κ1) is 14.6. The summed E-state index contributed by atoms with van der Waals surface area (Å²) in [5.74, 6) is 0.193. The predicted molar refractivity (Wildman–Crippen MR) is 71.4 cm³/mol. The Morgan fingerprint density at radius 2 is 2.12 bits per heavy atom. The van der Waals surface area contributed by atoms with Gasteiger partial charge in [0.15, 0.2) is 0 Å². The van der Waals surface area contributed by atoms with E-state index in [1.54, 1.807) is 7.11 Å². The summed E-state index contributed by atoms with van der Waals surface area (Å²) in [6.07, 6.45) is 1.56. The summed E-state index contributed by atoms with van der Waals surface area (Å²) in [5, 5.41) is 0. The third kappa shape index (κ3) is 5.61. The Kier molecular flexibility index (Phi) is 6.09. The second-order valence-electron chi connectivity index (χ2n) is 4.54. The molecule has 4 heteroatoms. The van der Waals surface area contributed by atoms with Crippen LogP contribution in [0.15, 0.2) is 22.7 Å². The zero-order chi connectivity index (χ0) is 12.8. The molecule has 0 aliphatic carbocycles. The third-order valence-corrected chi connectivity index (χ3v) is 3.03. The Balaban J connectivity index is 2.52. The minimum atomic E-state index is -0.230. The Morgan fingerprint density at radius 3 is 2.71 bits per heavy atom. The van der Waals surface area contributed by atoms with Crippen molar-refractivity contribution in [1.29, 1.82) is 0 Å². The maximum absolute atomic E-state index is 13.2. The largest absolute Gasteiger partial charge is 0.384 e. The van der Waals surface area contributed by atoms with Crippen molar-refractivity contribution >= 4 is 15.9 Å². The molecule has 0 saturated heterocycles. The Labute approximate surface area is 110 Å². The minimum Gasteiger partial charge on any atom is -0.384 e. The van der Waals surface area contributed by atoms with E-state index in [4.69, 9.17) is 10.5 Å². The first-order chi connectivity index (χ1) is 8.01. The maximum atomic E-state index is 13.2. The molecule has 96 valence electrons. The molecule has 1 aromatic carbocycles. The van der Waals surface area contributed by atoms with Crippen LogP contribution < -0.4 is 5.73 Å². The van der Waals surface area contributed by atoms with E-state index in [1.165, 1.54) is 12.1 Å². The second kappa shape index (κ2) is 7.09. The summed E-state index contributed by atoms with van der Waals surface area (Å²) in [5.41, 5.74) is 6.97. The van der Waals surface area contributed by atoms with Crippen LogP contribution in [0.2, 0.25) is 0 Å². The first-order valence-corrected chi connectivity index (χ1v) is 6.50. The number of halogens is 2. The van der Waals surface area contributed by atoms with Crippen molar-refractivity contribution in [2.24, 2.45) is 11.7 Å². The number of hydrogen-bond acceptors (Lipinski definition) is 2. The molecule has 0 aliphatic rings. The van der Waals surface area contributed by atoms with E-state index in [2.05, 4.69) is 22.9 Å². The highest BCUT2D eigenvalue weighted by Gasteiger charge is 2.10. The molecule has 0 aliphatic heterocycles. The lowest BCUT2D eigenvalue weighted by Gasteiger charge is -2.16. The molecule has 0 amide bonds. The molecular weight excluding hydrogens is 285 g/mol. The molecule has 2 unspecified atom stereocenters. The van der Waals surface area contributed by atoms with Crippen molar-refractivity contribution in [3.63, 3.8) is 0 Å². The Bertz CT molecular complexity index is 339. The molecule has 0 fully saturated rings. The lowest BCUT2D eigenvalue weighted by Crippen LogP contribution is -2.26. The molecule has 17 heavy (non-hydrogen) atoms. The van der Waals surface area contributed by atoms with Gasteiger partial charge in [-0.1, -0.05) is 22.9 Å². The van der Waals surface area contributed by atoms with E-state index in [-0.39, 0.29) is 11.9 Å². The fourth-order valence-electron chi connectivity index (χ4n) is 1.98. The smallest absolute Gasteiger partial charge is 0.124 e. The fourth-order valence-corrected chi connectivity index (χ4v) is 2.50. The number of nitrogens with two attached hydrogens (primary N) is 1. The highest BCUT2D eigenvalue weighted by molar-refractivity contribution is 9.10. The van der Waals surface area contributed by atoms with Gasteiger partial charge in [0.1, 0.15) is 5.82 Å². The van der Waals surface area contributed by atoms with E-state index in [9.17, 15) is 4.39 Å². The van der Waals surface area contributed by atoms with Crippen LogP contribution in [0.1, 0.15) is 18.9 Å². The Morgan fingerprint density at radius 1 is 1.41 bits per heavy atom. The molecular formula is C13H19BrFNO. The van der Waals surface area contributed by atoms with Crippen molar-refractivity contribution in [2.45, 2.75) is 25.8 Å². The highest BCUT2D eigenvalue weighted by Crippen LogP contribution is 2.17. The number of benzene rings is 1. The summed E-state index contributed by atoms with van der Waals surface area (Å²) >= 11 is 3.28. The average Bonchev–Trinajstić information content (AvgIpc) is 2.14. The van der Waals surface area contributed by atoms with Crippen LogP contribution in [0, 0.1) is 11.7 Å². The van der Waals surface area contributed by atoms with E-state index >= 15 is 0 Å². The normalized spacial score (nSPS) is 14.6. The molecule has 2 nitrogen and oxygen atoms in total. The Hall–Kier alpha value is -0.450.